The van der Waals surface area contributed by atoms with Gasteiger partial charge in [0.25, 0.3) is 0 Å². The number of hydrogen-bond donors (Lipinski definition) is 0. The van der Waals surface area contributed by atoms with Crippen LogP contribution < -0.4 is 9.47 Å². The lowest BCUT2D eigenvalue weighted by Gasteiger charge is -2.17. The zero-order valence-corrected chi connectivity index (χ0v) is 11.7. The van der Waals surface area contributed by atoms with Crippen molar-refractivity contribution in [1.82, 2.24) is 4.90 Å². The van der Waals surface area contributed by atoms with Crippen LogP contribution in [-0.4, -0.2) is 38.3 Å². The Morgan fingerprint density at radius 1 is 1.37 bits per heavy atom. The van der Waals surface area contributed by atoms with Crippen molar-refractivity contribution in [2.75, 3.05) is 33.4 Å². The van der Waals surface area contributed by atoms with Crippen molar-refractivity contribution in [2.45, 2.75) is 12.8 Å². The summed E-state index contributed by atoms with van der Waals surface area (Å²) in [5, 5.41) is 9.30. The molecule has 2 rings (SSSR count). The molecule has 1 aliphatic heterocycles. The number of nitriles is 1. The maximum atomic E-state index is 8.88. The average molecular weight is 281 g/mol. The fraction of sp³-hybridized carbons (Fsp3) is 0.500. The number of methoxy groups -OCH3 is 1. The first-order valence-corrected chi connectivity index (χ1v) is 6.75. The van der Waals surface area contributed by atoms with E-state index in [1.165, 1.54) is 12.8 Å². The lowest BCUT2D eigenvalue weighted by molar-refractivity contribution is 0.230. The van der Waals surface area contributed by atoms with Crippen LogP contribution in [0.2, 0.25) is 5.02 Å². The highest BCUT2D eigenvalue weighted by Gasteiger charge is 2.14. The molecular formula is C14H17ClN2O2. The van der Waals surface area contributed by atoms with Crippen LogP contribution in [0.25, 0.3) is 0 Å². The van der Waals surface area contributed by atoms with Crippen LogP contribution in [-0.2, 0) is 0 Å². The molecule has 102 valence electrons. The van der Waals surface area contributed by atoms with Gasteiger partial charge in [0.15, 0.2) is 11.5 Å². The van der Waals surface area contributed by atoms with Crippen LogP contribution in [0.5, 0.6) is 11.5 Å². The molecule has 19 heavy (non-hydrogen) atoms. The highest BCUT2D eigenvalue weighted by atomic mass is 35.5. The monoisotopic (exact) mass is 280 g/mol. The van der Waals surface area contributed by atoms with Gasteiger partial charge < -0.3 is 9.47 Å². The fourth-order valence-electron chi connectivity index (χ4n) is 2.21. The SMILES string of the molecule is COc1cc(C#N)cc(Cl)c1OCCN1CCCC1. The Bertz CT molecular complexity index is 479. The van der Waals surface area contributed by atoms with Gasteiger partial charge in [0.2, 0.25) is 0 Å². The first kappa shape index (κ1) is 14.0. The second-order valence-corrected chi connectivity index (χ2v) is 4.91. The molecule has 1 aliphatic rings. The molecule has 4 nitrogen and oxygen atoms in total. The highest BCUT2D eigenvalue weighted by Crippen LogP contribution is 2.36. The van der Waals surface area contributed by atoms with Gasteiger partial charge in [-0.05, 0) is 32.0 Å². The summed E-state index contributed by atoms with van der Waals surface area (Å²) in [6.07, 6.45) is 2.53. The third-order valence-corrected chi connectivity index (χ3v) is 3.49. The zero-order valence-electron chi connectivity index (χ0n) is 11.0. The lowest BCUT2D eigenvalue weighted by Crippen LogP contribution is -2.25. The minimum Gasteiger partial charge on any atom is -0.493 e. The van der Waals surface area contributed by atoms with Gasteiger partial charge in [-0.25, -0.2) is 0 Å². The quantitative estimate of drug-likeness (QED) is 0.832. The van der Waals surface area contributed by atoms with Crippen molar-refractivity contribution in [3.63, 3.8) is 0 Å². The molecule has 0 unspecified atom stereocenters. The van der Waals surface area contributed by atoms with Crippen molar-refractivity contribution in [3.8, 4) is 17.6 Å². The minimum absolute atomic E-state index is 0.414. The summed E-state index contributed by atoms with van der Waals surface area (Å²) in [6, 6.07) is 5.27. The second kappa shape index (κ2) is 6.65. The minimum atomic E-state index is 0.414. The highest BCUT2D eigenvalue weighted by molar-refractivity contribution is 6.32. The molecular weight excluding hydrogens is 264 g/mol. The lowest BCUT2D eigenvalue weighted by atomic mass is 10.2. The van der Waals surface area contributed by atoms with E-state index in [4.69, 9.17) is 26.3 Å². The third-order valence-electron chi connectivity index (χ3n) is 3.21. The summed E-state index contributed by atoms with van der Waals surface area (Å²) in [7, 11) is 1.54. The van der Waals surface area contributed by atoms with Crippen molar-refractivity contribution in [1.29, 1.82) is 5.26 Å². The average Bonchev–Trinajstić information content (AvgIpc) is 2.93. The van der Waals surface area contributed by atoms with Gasteiger partial charge in [-0.15, -0.1) is 0 Å². The zero-order chi connectivity index (χ0) is 13.7. The Morgan fingerprint density at radius 2 is 2.11 bits per heavy atom. The molecule has 1 fully saturated rings. The largest absolute Gasteiger partial charge is 0.493 e. The molecule has 0 N–H and O–H groups in total. The van der Waals surface area contributed by atoms with Gasteiger partial charge in [0.1, 0.15) is 6.61 Å². The molecule has 1 heterocycles. The number of ether oxygens (including phenoxy) is 2. The molecule has 1 aromatic rings. The van der Waals surface area contributed by atoms with Crippen molar-refractivity contribution in [2.24, 2.45) is 0 Å². The van der Waals surface area contributed by atoms with Crippen molar-refractivity contribution in [3.05, 3.63) is 22.7 Å². The number of benzene rings is 1. The Labute approximate surface area is 118 Å². The predicted molar refractivity (Wildman–Crippen MR) is 73.9 cm³/mol. The molecule has 5 heteroatoms. The number of nitrogens with zero attached hydrogens (tertiary/aromatic N) is 2. The van der Waals surface area contributed by atoms with Crippen LogP contribution in [0.1, 0.15) is 18.4 Å². The van der Waals surface area contributed by atoms with E-state index in [1.54, 1.807) is 19.2 Å². The normalized spacial score (nSPS) is 15.2. The summed E-state index contributed by atoms with van der Waals surface area (Å²) in [4.78, 5) is 2.37. The van der Waals surface area contributed by atoms with E-state index in [0.717, 1.165) is 19.6 Å². The maximum absolute atomic E-state index is 8.88. The molecule has 0 amide bonds. The van der Waals surface area contributed by atoms with Crippen LogP contribution in [0, 0.1) is 11.3 Å². The Morgan fingerprint density at radius 3 is 2.74 bits per heavy atom. The maximum Gasteiger partial charge on any atom is 0.179 e. The van der Waals surface area contributed by atoms with E-state index in [-0.39, 0.29) is 0 Å². The molecule has 1 saturated heterocycles. The first-order valence-electron chi connectivity index (χ1n) is 6.37. The molecule has 0 spiro atoms. The van der Waals surface area contributed by atoms with Gasteiger partial charge in [-0.3, -0.25) is 4.90 Å². The smallest absolute Gasteiger partial charge is 0.179 e. The predicted octanol–water partition coefficient (Wildman–Crippen LogP) is 2.69. The summed E-state index contributed by atoms with van der Waals surface area (Å²) in [5.41, 5.74) is 0.466. The van der Waals surface area contributed by atoms with E-state index in [1.807, 2.05) is 6.07 Å². The summed E-state index contributed by atoms with van der Waals surface area (Å²) in [6.45, 7) is 3.74. The molecule has 0 atom stereocenters. The van der Waals surface area contributed by atoms with Crippen molar-refractivity contribution < 1.29 is 9.47 Å². The standard InChI is InChI=1S/C14H17ClN2O2/c1-18-13-9-11(10-16)8-12(15)14(13)19-7-6-17-4-2-3-5-17/h8-9H,2-7H2,1H3. The van der Waals surface area contributed by atoms with Gasteiger partial charge in [0.05, 0.1) is 23.8 Å². The molecule has 0 aromatic heterocycles. The fourth-order valence-corrected chi connectivity index (χ4v) is 2.47. The van der Waals surface area contributed by atoms with Crippen LogP contribution >= 0.6 is 11.6 Å². The van der Waals surface area contributed by atoms with Gasteiger partial charge in [-0.2, -0.15) is 5.26 Å². The third kappa shape index (κ3) is 3.52. The first-order chi connectivity index (χ1) is 9.24. The van der Waals surface area contributed by atoms with Crippen LogP contribution in [0.15, 0.2) is 12.1 Å². The molecule has 1 aromatic carbocycles. The topological polar surface area (TPSA) is 45.5 Å². The van der Waals surface area contributed by atoms with Gasteiger partial charge >= 0.3 is 0 Å². The van der Waals surface area contributed by atoms with E-state index < -0.39 is 0 Å². The Hall–Kier alpha value is -1.44. The molecule has 0 saturated carbocycles. The molecule has 0 aliphatic carbocycles. The summed E-state index contributed by atoms with van der Waals surface area (Å²) >= 11 is 6.12. The Balaban J connectivity index is 2.00. The summed E-state index contributed by atoms with van der Waals surface area (Å²) in [5.74, 6) is 1.02. The number of halogens is 1. The van der Waals surface area contributed by atoms with E-state index in [2.05, 4.69) is 4.90 Å². The van der Waals surface area contributed by atoms with Crippen LogP contribution in [0.4, 0.5) is 0 Å². The summed E-state index contributed by atoms with van der Waals surface area (Å²) < 4.78 is 10.9. The van der Waals surface area contributed by atoms with E-state index in [0.29, 0.717) is 28.7 Å². The molecule has 0 radical (unpaired) electrons. The van der Waals surface area contributed by atoms with Gasteiger partial charge in [-0.1, -0.05) is 11.6 Å². The number of hydrogen-bond acceptors (Lipinski definition) is 4. The second-order valence-electron chi connectivity index (χ2n) is 4.50. The van der Waals surface area contributed by atoms with E-state index >= 15 is 0 Å². The van der Waals surface area contributed by atoms with Crippen molar-refractivity contribution >= 4 is 11.6 Å². The number of rotatable bonds is 5. The van der Waals surface area contributed by atoms with E-state index in [9.17, 15) is 0 Å². The number of likely N-dealkylation sites (tertiary alicyclic amines) is 1. The Kier molecular flexibility index (Phi) is 4.89. The van der Waals surface area contributed by atoms with Gasteiger partial charge in [0, 0.05) is 12.6 Å². The van der Waals surface area contributed by atoms with Crippen LogP contribution in [0.3, 0.4) is 0 Å². The molecule has 0 bridgehead atoms.